The number of nitrogens with zero attached hydrogens (tertiary/aromatic N) is 2. The van der Waals surface area contributed by atoms with Gasteiger partial charge in [0.05, 0.1) is 12.1 Å². The average molecular weight is 346 g/mol. The molecule has 4 nitrogen and oxygen atoms in total. The van der Waals surface area contributed by atoms with Gasteiger partial charge in [-0.15, -0.1) is 0 Å². The van der Waals surface area contributed by atoms with Crippen LogP contribution in [0.4, 0.5) is 4.79 Å². The summed E-state index contributed by atoms with van der Waals surface area (Å²) in [5.41, 5.74) is 5.16. The number of hydrogen-bond donors (Lipinski definition) is 0. The number of benzene rings is 2. The molecule has 2 atom stereocenters. The quantitative estimate of drug-likeness (QED) is 0.832. The van der Waals surface area contributed by atoms with Crippen LogP contribution in [0.5, 0.6) is 0 Å². The zero-order chi connectivity index (χ0) is 18.0. The third-order valence-corrected chi connectivity index (χ3v) is 6.35. The van der Waals surface area contributed by atoms with Crippen LogP contribution >= 0.6 is 0 Å². The first kappa shape index (κ1) is 15.6. The number of carbonyl (C=O) groups is 2. The molecule has 0 radical (unpaired) electrons. The standard InChI is InChI=1S/C22H22N2O2/c1-3-8-17(25)24-21-19-15-11-6-4-9-13(15)18(20(21)23(2)22(24)26)14-10-5-7-12-16(14)19/h4-7,9-12,18-21H,3,8H2,1-2H3/t18?,19?,20-,21+/m0/s1. The molecule has 0 spiro atoms. The minimum Gasteiger partial charge on any atom is -0.321 e. The minimum atomic E-state index is -0.144. The number of rotatable bonds is 2. The monoisotopic (exact) mass is 346 g/mol. The van der Waals surface area contributed by atoms with Crippen LogP contribution in [-0.2, 0) is 4.79 Å². The Hall–Kier alpha value is -2.62. The van der Waals surface area contributed by atoms with E-state index in [4.69, 9.17) is 0 Å². The van der Waals surface area contributed by atoms with Gasteiger partial charge < -0.3 is 4.90 Å². The van der Waals surface area contributed by atoms with Crippen LogP contribution in [0.15, 0.2) is 48.5 Å². The van der Waals surface area contributed by atoms with Crippen molar-refractivity contribution in [2.24, 2.45) is 0 Å². The van der Waals surface area contributed by atoms with Gasteiger partial charge in [0.2, 0.25) is 5.91 Å². The summed E-state index contributed by atoms with van der Waals surface area (Å²) in [6.45, 7) is 1.98. The van der Waals surface area contributed by atoms with Crippen molar-refractivity contribution in [1.29, 1.82) is 0 Å². The largest absolute Gasteiger partial charge is 0.327 e. The van der Waals surface area contributed by atoms with Gasteiger partial charge in [-0.25, -0.2) is 4.79 Å². The second-order valence-electron chi connectivity index (χ2n) is 7.60. The van der Waals surface area contributed by atoms with Crippen LogP contribution in [0, 0.1) is 0 Å². The molecule has 1 saturated heterocycles. The maximum Gasteiger partial charge on any atom is 0.327 e. The summed E-state index contributed by atoms with van der Waals surface area (Å²) in [5, 5.41) is 0. The summed E-state index contributed by atoms with van der Waals surface area (Å²) in [7, 11) is 1.85. The van der Waals surface area contributed by atoms with Crippen molar-refractivity contribution in [3.8, 4) is 0 Å². The average Bonchev–Trinajstić information content (AvgIpc) is 2.93. The van der Waals surface area contributed by atoms with Gasteiger partial charge in [0.1, 0.15) is 0 Å². The summed E-state index contributed by atoms with van der Waals surface area (Å²) in [6, 6.07) is 16.8. The highest BCUT2D eigenvalue weighted by molar-refractivity contribution is 5.97. The maximum absolute atomic E-state index is 13.0. The SMILES string of the molecule is CCCC(=O)N1C(=O)N(C)[C@H]2C3c4ccccc4C(c4ccccc43)[C@H]21. The van der Waals surface area contributed by atoms with E-state index in [0.717, 1.165) is 6.42 Å². The van der Waals surface area contributed by atoms with Crippen molar-refractivity contribution >= 4 is 11.9 Å². The zero-order valence-corrected chi connectivity index (χ0v) is 15.1. The maximum atomic E-state index is 13.0. The first-order valence-corrected chi connectivity index (χ1v) is 9.41. The van der Waals surface area contributed by atoms with Crippen LogP contribution < -0.4 is 0 Å². The minimum absolute atomic E-state index is 0.0121. The van der Waals surface area contributed by atoms with E-state index in [-0.39, 0.29) is 35.9 Å². The molecule has 4 aliphatic rings. The summed E-state index contributed by atoms with van der Waals surface area (Å²) in [6.07, 6.45) is 1.18. The lowest BCUT2D eigenvalue weighted by atomic mass is 9.59. The molecule has 26 heavy (non-hydrogen) atoms. The molecule has 2 aromatic carbocycles. The van der Waals surface area contributed by atoms with E-state index in [1.807, 2.05) is 18.9 Å². The van der Waals surface area contributed by atoms with Crippen molar-refractivity contribution in [1.82, 2.24) is 9.80 Å². The van der Waals surface area contributed by atoms with Gasteiger partial charge in [-0.1, -0.05) is 55.5 Å². The molecule has 1 heterocycles. The van der Waals surface area contributed by atoms with Crippen molar-refractivity contribution in [3.05, 3.63) is 70.8 Å². The lowest BCUT2D eigenvalue weighted by Crippen LogP contribution is -2.53. The van der Waals surface area contributed by atoms with Gasteiger partial charge in [-0.3, -0.25) is 9.69 Å². The summed E-state index contributed by atoms with van der Waals surface area (Å²) >= 11 is 0. The van der Waals surface area contributed by atoms with E-state index >= 15 is 0 Å². The van der Waals surface area contributed by atoms with Gasteiger partial charge in [-0.2, -0.15) is 0 Å². The Bertz CT molecular complexity index is 874. The van der Waals surface area contributed by atoms with Crippen molar-refractivity contribution in [2.45, 2.75) is 43.7 Å². The Labute approximate surface area is 153 Å². The summed E-state index contributed by atoms with van der Waals surface area (Å²) < 4.78 is 0. The van der Waals surface area contributed by atoms with Crippen molar-refractivity contribution in [3.63, 3.8) is 0 Å². The van der Waals surface area contributed by atoms with E-state index in [1.165, 1.54) is 22.3 Å². The fourth-order valence-electron chi connectivity index (χ4n) is 5.41. The Morgan fingerprint density at radius 3 is 1.81 bits per heavy atom. The van der Waals surface area contributed by atoms with Gasteiger partial charge in [-0.05, 0) is 28.7 Å². The number of amides is 3. The molecule has 0 saturated carbocycles. The molecule has 1 aliphatic heterocycles. The van der Waals surface area contributed by atoms with Crippen LogP contribution in [0.2, 0.25) is 0 Å². The fourth-order valence-corrected chi connectivity index (χ4v) is 5.41. The van der Waals surface area contributed by atoms with E-state index in [9.17, 15) is 9.59 Å². The molecule has 0 unspecified atom stereocenters. The smallest absolute Gasteiger partial charge is 0.321 e. The highest BCUT2D eigenvalue weighted by Crippen LogP contribution is 2.57. The summed E-state index contributed by atoms with van der Waals surface area (Å²) in [4.78, 5) is 29.2. The molecule has 4 heteroatoms. The third kappa shape index (κ3) is 1.79. The number of likely N-dealkylation sites (N-methyl/N-ethyl adjacent to an activating group) is 1. The molecule has 0 aromatic heterocycles. The van der Waals surface area contributed by atoms with E-state index < -0.39 is 0 Å². The molecule has 2 aromatic rings. The predicted octanol–water partition coefficient (Wildman–Crippen LogP) is 3.71. The fraction of sp³-hybridized carbons (Fsp3) is 0.364. The molecular weight excluding hydrogens is 324 g/mol. The lowest BCUT2D eigenvalue weighted by molar-refractivity contribution is -0.129. The Balaban J connectivity index is 1.75. The van der Waals surface area contributed by atoms with E-state index in [1.54, 1.807) is 4.90 Å². The van der Waals surface area contributed by atoms with E-state index in [2.05, 4.69) is 48.5 Å². The highest BCUT2D eigenvalue weighted by Gasteiger charge is 2.60. The molecule has 132 valence electrons. The number of hydrogen-bond acceptors (Lipinski definition) is 2. The Morgan fingerprint density at radius 1 is 0.885 bits per heavy atom. The molecule has 2 bridgehead atoms. The number of imide groups is 1. The molecule has 1 fully saturated rings. The second-order valence-corrected chi connectivity index (χ2v) is 7.60. The molecule has 6 rings (SSSR count). The Kier molecular flexibility index (Phi) is 3.27. The first-order chi connectivity index (χ1) is 12.6. The van der Waals surface area contributed by atoms with Gasteiger partial charge >= 0.3 is 6.03 Å². The lowest BCUT2D eigenvalue weighted by Gasteiger charge is -2.49. The van der Waals surface area contributed by atoms with Gasteiger partial charge in [0.15, 0.2) is 0 Å². The zero-order valence-electron chi connectivity index (χ0n) is 15.1. The number of carbonyl (C=O) groups excluding carboxylic acids is 2. The molecular formula is C22H22N2O2. The van der Waals surface area contributed by atoms with Crippen LogP contribution in [0.1, 0.15) is 53.9 Å². The third-order valence-electron chi connectivity index (χ3n) is 6.35. The van der Waals surface area contributed by atoms with Crippen LogP contribution in [-0.4, -0.2) is 40.9 Å². The molecule has 3 aliphatic carbocycles. The molecule has 3 amide bonds. The predicted molar refractivity (Wildman–Crippen MR) is 99.1 cm³/mol. The van der Waals surface area contributed by atoms with Crippen LogP contribution in [0.25, 0.3) is 0 Å². The van der Waals surface area contributed by atoms with Gasteiger partial charge in [0, 0.05) is 25.3 Å². The molecule has 0 N–H and O–H groups in total. The van der Waals surface area contributed by atoms with Crippen LogP contribution in [0.3, 0.4) is 0 Å². The second kappa shape index (κ2) is 5.44. The van der Waals surface area contributed by atoms with E-state index in [0.29, 0.717) is 6.42 Å². The highest BCUT2D eigenvalue weighted by atomic mass is 16.2. The Morgan fingerprint density at radius 2 is 1.35 bits per heavy atom. The van der Waals surface area contributed by atoms with Gasteiger partial charge in [0.25, 0.3) is 0 Å². The van der Waals surface area contributed by atoms with Crippen molar-refractivity contribution < 1.29 is 9.59 Å². The summed E-state index contributed by atoms with van der Waals surface area (Å²) in [5.74, 6) is 0.150. The first-order valence-electron chi connectivity index (χ1n) is 9.41. The topological polar surface area (TPSA) is 40.6 Å². The normalized spacial score (nSPS) is 28.0. The van der Waals surface area contributed by atoms with Crippen molar-refractivity contribution in [2.75, 3.05) is 7.05 Å². The number of urea groups is 1.